The molecule has 4 nitrogen and oxygen atoms in total. The monoisotopic (exact) mass is 228 g/mol. The largest absolute Gasteiger partial charge is 0.374 e. The number of aromatic nitrogens is 2. The molecule has 1 heterocycles. The molecule has 0 amide bonds. The van der Waals surface area contributed by atoms with Crippen LogP contribution in [0.15, 0.2) is 18.2 Å². The van der Waals surface area contributed by atoms with Crippen molar-refractivity contribution in [2.45, 2.75) is 19.8 Å². The molecule has 0 saturated heterocycles. The Morgan fingerprint density at radius 2 is 2.29 bits per heavy atom. The smallest absolute Gasteiger partial charge is 0.104 e. The molecule has 1 N–H and O–H groups in total. The number of anilines is 1. The Kier molecular flexibility index (Phi) is 3.29. The molecule has 0 aliphatic carbocycles. The third-order valence-corrected chi connectivity index (χ3v) is 2.81. The molecule has 0 saturated carbocycles. The summed E-state index contributed by atoms with van der Waals surface area (Å²) >= 11 is 0. The molecule has 0 unspecified atom stereocenters. The van der Waals surface area contributed by atoms with Crippen molar-refractivity contribution < 1.29 is 0 Å². The van der Waals surface area contributed by atoms with Gasteiger partial charge >= 0.3 is 0 Å². The fourth-order valence-corrected chi connectivity index (χ4v) is 1.89. The van der Waals surface area contributed by atoms with Crippen LogP contribution in [0.3, 0.4) is 0 Å². The summed E-state index contributed by atoms with van der Waals surface area (Å²) in [6, 6.07) is 8.35. The molecule has 0 spiro atoms. The molecule has 1 aromatic heterocycles. The van der Waals surface area contributed by atoms with E-state index in [1.165, 1.54) is 0 Å². The number of aryl methyl sites for hydroxylation is 1. The zero-order chi connectivity index (χ0) is 12.3. The molecule has 1 aromatic carbocycles. The van der Waals surface area contributed by atoms with Crippen molar-refractivity contribution >= 4 is 16.7 Å². The highest BCUT2D eigenvalue weighted by Gasteiger charge is 2.04. The Hall–Kier alpha value is -2.02. The zero-order valence-electron chi connectivity index (χ0n) is 10.2. The number of hydrogen-bond donors (Lipinski definition) is 1. The van der Waals surface area contributed by atoms with E-state index in [-0.39, 0.29) is 0 Å². The second kappa shape index (κ2) is 4.88. The van der Waals surface area contributed by atoms with Crippen LogP contribution in [-0.4, -0.2) is 23.6 Å². The lowest BCUT2D eigenvalue weighted by Crippen LogP contribution is -2.18. The van der Waals surface area contributed by atoms with E-state index in [0.717, 1.165) is 35.5 Å². The van der Waals surface area contributed by atoms with Gasteiger partial charge in [0, 0.05) is 25.7 Å². The van der Waals surface area contributed by atoms with Gasteiger partial charge in [-0.25, -0.2) is 4.98 Å². The third-order valence-electron chi connectivity index (χ3n) is 2.81. The number of H-pyrrole nitrogens is 1. The van der Waals surface area contributed by atoms with Crippen molar-refractivity contribution in [2.75, 3.05) is 18.5 Å². The van der Waals surface area contributed by atoms with Crippen molar-refractivity contribution in [3.05, 3.63) is 24.0 Å². The first-order chi connectivity index (χ1) is 8.20. The van der Waals surface area contributed by atoms with Crippen molar-refractivity contribution in [1.82, 2.24) is 9.97 Å². The van der Waals surface area contributed by atoms with Crippen molar-refractivity contribution in [2.24, 2.45) is 0 Å². The van der Waals surface area contributed by atoms with Crippen LogP contribution >= 0.6 is 0 Å². The van der Waals surface area contributed by atoms with Gasteiger partial charge in [0.2, 0.25) is 0 Å². The summed E-state index contributed by atoms with van der Waals surface area (Å²) in [5.41, 5.74) is 3.21. The third kappa shape index (κ3) is 2.56. The van der Waals surface area contributed by atoms with Crippen LogP contribution in [0, 0.1) is 18.3 Å². The Labute approximate surface area is 101 Å². The molecule has 0 atom stereocenters. The van der Waals surface area contributed by atoms with Crippen molar-refractivity contribution in [3.8, 4) is 6.07 Å². The molecule has 0 aliphatic heterocycles. The molecular formula is C13H16N4. The summed E-state index contributed by atoms with van der Waals surface area (Å²) < 4.78 is 0. The summed E-state index contributed by atoms with van der Waals surface area (Å²) in [6.45, 7) is 2.85. The highest BCUT2D eigenvalue weighted by Crippen LogP contribution is 2.19. The van der Waals surface area contributed by atoms with Gasteiger partial charge < -0.3 is 9.88 Å². The standard InChI is InChI=1S/C13H16N4/c1-10-15-12-6-5-11(9-13(12)16-10)17(2)8-4-3-7-14/h5-6,9H,3-4,8H2,1-2H3,(H,15,16). The number of unbranched alkanes of at least 4 members (excludes halogenated alkanes) is 1. The van der Waals surface area contributed by atoms with Crippen molar-refractivity contribution in [3.63, 3.8) is 0 Å². The van der Waals surface area contributed by atoms with Gasteiger partial charge in [0.05, 0.1) is 17.1 Å². The molecule has 2 aromatic rings. The minimum atomic E-state index is 0.607. The molecule has 88 valence electrons. The summed E-state index contributed by atoms with van der Waals surface area (Å²) in [4.78, 5) is 9.76. The van der Waals surface area contributed by atoms with Gasteiger partial charge in [-0.2, -0.15) is 5.26 Å². The summed E-state index contributed by atoms with van der Waals surface area (Å²) in [7, 11) is 2.04. The average molecular weight is 228 g/mol. The lowest BCUT2D eigenvalue weighted by molar-refractivity contribution is 0.807. The minimum absolute atomic E-state index is 0.607. The first-order valence-electron chi connectivity index (χ1n) is 5.75. The number of fused-ring (bicyclic) bond motifs is 1. The van der Waals surface area contributed by atoms with E-state index in [4.69, 9.17) is 5.26 Å². The molecule has 0 aliphatic rings. The molecule has 4 heteroatoms. The lowest BCUT2D eigenvalue weighted by Gasteiger charge is -2.18. The number of nitriles is 1. The van der Waals surface area contributed by atoms with E-state index >= 15 is 0 Å². The molecule has 2 rings (SSSR count). The first-order valence-corrected chi connectivity index (χ1v) is 5.75. The number of imidazole rings is 1. The predicted octanol–water partition coefficient (Wildman–Crippen LogP) is 2.61. The normalized spacial score (nSPS) is 10.4. The number of rotatable bonds is 4. The second-order valence-electron chi connectivity index (χ2n) is 4.21. The van der Waals surface area contributed by atoms with Crippen molar-refractivity contribution in [1.29, 1.82) is 5.26 Å². The van der Waals surface area contributed by atoms with Gasteiger partial charge in [0.25, 0.3) is 0 Å². The minimum Gasteiger partial charge on any atom is -0.374 e. The van der Waals surface area contributed by atoms with Crippen LogP contribution in [-0.2, 0) is 0 Å². The number of nitrogens with one attached hydrogen (secondary N) is 1. The van der Waals surface area contributed by atoms with Crippen LogP contribution in [0.4, 0.5) is 5.69 Å². The van der Waals surface area contributed by atoms with Gasteiger partial charge in [-0.15, -0.1) is 0 Å². The highest BCUT2D eigenvalue weighted by atomic mass is 15.1. The Balaban J connectivity index is 2.15. The van der Waals surface area contributed by atoms with E-state index < -0.39 is 0 Å². The van der Waals surface area contributed by atoms with E-state index in [9.17, 15) is 0 Å². The number of benzene rings is 1. The number of aromatic amines is 1. The van der Waals surface area contributed by atoms with Crippen LogP contribution in [0.5, 0.6) is 0 Å². The highest BCUT2D eigenvalue weighted by molar-refractivity contribution is 5.79. The first kappa shape index (κ1) is 11.5. The van der Waals surface area contributed by atoms with Gasteiger partial charge in [-0.05, 0) is 31.5 Å². The molecule has 0 radical (unpaired) electrons. The summed E-state index contributed by atoms with van der Waals surface area (Å²) in [6.07, 6.45) is 1.50. The van der Waals surface area contributed by atoms with E-state index in [1.807, 2.05) is 20.0 Å². The summed E-state index contributed by atoms with van der Waals surface area (Å²) in [5.74, 6) is 0.935. The Morgan fingerprint density at radius 3 is 3.06 bits per heavy atom. The number of nitrogens with zero attached hydrogens (tertiary/aromatic N) is 3. The molecule has 0 bridgehead atoms. The van der Waals surface area contributed by atoms with Gasteiger partial charge in [0.1, 0.15) is 5.82 Å². The van der Waals surface area contributed by atoms with E-state index in [2.05, 4.69) is 33.1 Å². The maximum atomic E-state index is 8.51. The Morgan fingerprint density at radius 1 is 1.47 bits per heavy atom. The van der Waals surface area contributed by atoms with Gasteiger partial charge in [-0.1, -0.05) is 0 Å². The maximum Gasteiger partial charge on any atom is 0.104 e. The fourth-order valence-electron chi connectivity index (χ4n) is 1.89. The molecular weight excluding hydrogens is 212 g/mol. The topological polar surface area (TPSA) is 55.7 Å². The van der Waals surface area contributed by atoms with Crippen LogP contribution in [0.2, 0.25) is 0 Å². The number of hydrogen-bond acceptors (Lipinski definition) is 3. The van der Waals surface area contributed by atoms with Crippen LogP contribution < -0.4 is 4.90 Å². The average Bonchev–Trinajstić information content (AvgIpc) is 2.68. The van der Waals surface area contributed by atoms with Crippen LogP contribution in [0.1, 0.15) is 18.7 Å². The molecule has 17 heavy (non-hydrogen) atoms. The quantitative estimate of drug-likeness (QED) is 0.818. The maximum absolute atomic E-state index is 8.51. The summed E-state index contributed by atoms with van der Waals surface area (Å²) in [5, 5.41) is 8.51. The molecule has 0 fully saturated rings. The zero-order valence-corrected chi connectivity index (χ0v) is 10.2. The van der Waals surface area contributed by atoms with E-state index in [1.54, 1.807) is 0 Å². The predicted molar refractivity (Wildman–Crippen MR) is 68.9 cm³/mol. The second-order valence-corrected chi connectivity index (χ2v) is 4.21. The van der Waals surface area contributed by atoms with Gasteiger partial charge in [-0.3, -0.25) is 0 Å². The Bertz CT molecular complexity index is 550. The lowest BCUT2D eigenvalue weighted by atomic mass is 10.2. The van der Waals surface area contributed by atoms with Crippen LogP contribution in [0.25, 0.3) is 11.0 Å². The SMILES string of the molecule is Cc1nc2ccc(N(C)CCCC#N)cc2[nH]1. The van der Waals surface area contributed by atoms with Gasteiger partial charge in [0.15, 0.2) is 0 Å². The fraction of sp³-hybridized carbons (Fsp3) is 0.385. The van der Waals surface area contributed by atoms with E-state index in [0.29, 0.717) is 6.42 Å².